The molecule has 0 heterocycles. The van der Waals surface area contributed by atoms with Gasteiger partial charge >= 0.3 is 0 Å². The fourth-order valence-electron chi connectivity index (χ4n) is 2.82. The second kappa shape index (κ2) is 5.70. The Morgan fingerprint density at radius 2 is 1.89 bits per heavy atom. The summed E-state index contributed by atoms with van der Waals surface area (Å²) >= 11 is 4.95. The van der Waals surface area contributed by atoms with Crippen molar-refractivity contribution in [1.29, 1.82) is 0 Å². The van der Waals surface area contributed by atoms with Crippen LogP contribution in [0.15, 0.2) is 24.3 Å². The summed E-state index contributed by atoms with van der Waals surface area (Å²) in [5.41, 5.74) is 8.20. The molecule has 0 aromatic heterocycles. The molecule has 0 radical (unpaired) electrons. The lowest BCUT2D eigenvalue weighted by Gasteiger charge is -2.28. The summed E-state index contributed by atoms with van der Waals surface area (Å²) in [6.07, 6.45) is 6.76. The molecule has 0 amide bonds. The molecule has 1 aliphatic carbocycles. The zero-order chi connectivity index (χ0) is 13.0. The van der Waals surface area contributed by atoms with E-state index < -0.39 is 0 Å². The Labute approximate surface area is 115 Å². The van der Waals surface area contributed by atoms with Gasteiger partial charge in [-0.25, -0.2) is 0 Å². The summed E-state index contributed by atoms with van der Waals surface area (Å²) in [7, 11) is 0. The molecule has 0 bridgehead atoms. The highest BCUT2D eigenvalue weighted by Crippen LogP contribution is 2.40. The van der Waals surface area contributed by atoms with Gasteiger partial charge in [-0.3, -0.25) is 0 Å². The molecule has 0 aliphatic heterocycles. The Hall–Kier alpha value is -1.09. The Bertz CT molecular complexity index is 405. The maximum atomic E-state index is 5.59. The number of anilines is 1. The molecule has 1 fully saturated rings. The number of nitrogens with one attached hydrogen (secondary N) is 1. The van der Waals surface area contributed by atoms with E-state index in [4.69, 9.17) is 18.0 Å². The van der Waals surface area contributed by atoms with Crippen LogP contribution in [-0.4, -0.2) is 11.5 Å². The highest BCUT2D eigenvalue weighted by Gasteiger charge is 2.31. The van der Waals surface area contributed by atoms with Crippen LogP contribution in [0, 0.1) is 5.41 Å². The van der Waals surface area contributed by atoms with Crippen molar-refractivity contribution < 1.29 is 0 Å². The van der Waals surface area contributed by atoms with Crippen LogP contribution in [0.1, 0.15) is 44.6 Å². The predicted octanol–water partition coefficient (Wildman–Crippen LogP) is 3.70. The first kappa shape index (κ1) is 13.3. The van der Waals surface area contributed by atoms with Gasteiger partial charge < -0.3 is 11.1 Å². The van der Waals surface area contributed by atoms with Crippen molar-refractivity contribution in [3.05, 3.63) is 29.8 Å². The largest absolute Gasteiger partial charge is 0.389 e. The van der Waals surface area contributed by atoms with E-state index in [1.165, 1.54) is 32.1 Å². The zero-order valence-electron chi connectivity index (χ0n) is 11.0. The van der Waals surface area contributed by atoms with Gasteiger partial charge in [0, 0.05) is 17.8 Å². The van der Waals surface area contributed by atoms with Crippen LogP contribution in [-0.2, 0) is 0 Å². The van der Waals surface area contributed by atoms with Crippen LogP contribution in [0.3, 0.4) is 0 Å². The molecule has 18 heavy (non-hydrogen) atoms. The maximum absolute atomic E-state index is 5.59. The van der Waals surface area contributed by atoms with Gasteiger partial charge in [-0.05, 0) is 48.9 Å². The average molecular weight is 262 g/mol. The van der Waals surface area contributed by atoms with E-state index in [1.54, 1.807) is 0 Å². The molecule has 98 valence electrons. The number of nitrogens with two attached hydrogens (primary N) is 1. The summed E-state index contributed by atoms with van der Waals surface area (Å²) in [5.74, 6) is 0. The lowest BCUT2D eigenvalue weighted by molar-refractivity contribution is 0.307. The topological polar surface area (TPSA) is 38.0 Å². The van der Waals surface area contributed by atoms with Crippen LogP contribution in [0.2, 0.25) is 0 Å². The Morgan fingerprint density at radius 1 is 1.28 bits per heavy atom. The van der Waals surface area contributed by atoms with E-state index in [1.807, 2.05) is 12.1 Å². The third-order valence-corrected chi connectivity index (χ3v) is 4.49. The standard InChI is InChI=1S/C15H22N2S/c1-2-15(9-3-4-10-15)11-17-13-7-5-12(6-8-13)14(16)18/h5-8,17H,2-4,9-11H2,1H3,(H2,16,18). The molecule has 1 aliphatic rings. The maximum Gasteiger partial charge on any atom is 0.103 e. The molecule has 2 rings (SSSR count). The number of hydrogen-bond acceptors (Lipinski definition) is 2. The van der Waals surface area contributed by atoms with Gasteiger partial charge in [0.15, 0.2) is 0 Å². The third-order valence-electron chi connectivity index (χ3n) is 4.25. The van der Waals surface area contributed by atoms with E-state index in [-0.39, 0.29) is 0 Å². The molecular formula is C15H22N2S. The minimum atomic E-state index is 0.461. The quantitative estimate of drug-likeness (QED) is 0.795. The summed E-state index contributed by atoms with van der Waals surface area (Å²) in [6.45, 7) is 3.39. The lowest BCUT2D eigenvalue weighted by atomic mass is 9.83. The van der Waals surface area contributed by atoms with Crippen LogP contribution >= 0.6 is 12.2 Å². The van der Waals surface area contributed by atoms with Gasteiger partial charge in [0.2, 0.25) is 0 Å². The molecule has 1 aromatic carbocycles. The highest BCUT2D eigenvalue weighted by atomic mass is 32.1. The summed E-state index contributed by atoms with van der Waals surface area (Å²) < 4.78 is 0. The van der Waals surface area contributed by atoms with Gasteiger partial charge in [0.1, 0.15) is 4.99 Å². The van der Waals surface area contributed by atoms with Gasteiger partial charge in [0.05, 0.1) is 0 Å². The minimum absolute atomic E-state index is 0.461. The normalized spacial score (nSPS) is 17.6. The Balaban J connectivity index is 1.95. The first-order valence-electron chi connectivity index (χ1n) is 6.79. The second-order valence-electron chi connectivity index (χ2n) is 5.36. The number of hydrogen-bond donors (Lipinski definition) is 2. The van der Waals surface area contributed by atoms with E-state index in [2.05, 4.69) is 24.4 Å². The van der Waals surface area contributed by atoms with E-state index in [0.717, 1.165) is 17.8 Å². The number of thiocarbonyl (C=S) groups is 1. The van der Waals surface area contributed by atoms with Crippen LogP contribution in [0.4, 0.5) is 5.69 Å². The van der Waals surface area contributed by atoms with Crippen molar-refractivity contribution in [2.24, 2.45) is 11.1 Å². The van der Waals surface area contributed by atoms with Crippen molar-refractivity contribution in [1.82, 2.24) is 0 Å². The molecule has 3 heteroatoms. The Kier molecular flexibility index (Phi) is 4.23. The minimum Gasteiger partial charge on any atom is -0.389 e. The average Bonchev–Trinajstić information content (AvgIpc) is 2.86. The van der Waals surface area contributed by atoms with Crippen LogP contribution in [0.5, 0.6) is 0 Å². The molecule has 3 N–H and O–H groups in total. The van der Waals surface area contributed by atoms with Gasteiger partial charge in [-0.2, -0.15) is 0 Å². The Morgan fingerprint density at radius 3 is 2.39 bits per heavy atom. The number of rotatable bonds is 5. The molecule has 1 saturated carbocycles. The van der Waals surface area contributed by atoms with Crippen molar-refractivity contribution in [3.8, 4) is 0 Å². The van der Waals surface area contributed by atoms with E-state index >= 15 is 0 Å². The van der Waals surface area contributed by atoms with Crippen molar-refractivity contribution in [3.63, 3.8) is 0 Å². The molecular weight excluding hydrogens is 240 g/mol. The summed E-state index contributed by atoms with van der Waals surface area (Å²) in [5, 5.41) is 3.56. The van der Waals surface area contributed by atoms with Crippen LogP contribution in [0.25, 0.3) is 0 Å². The van der Waals surface area contributed by atoms with Gasteiger partial charge in [-0.1, -0.05) is 32.0 Å². The summed E-state index contributed by atoms with van der Waals surface area (Å²) in [6, 6.07) is 8.09. The van der Waals surface area contributed by atoms with Crippen molar-refractivity contribution in [2.75, 3.05) is 11.9 Å². The predicted molar refractivity (Wildman–Crippen MR) is 82.0 cm³/mol. The van der Waals surface area contributed by atoms with E-state index in [9.17, 15) is 0 Å². The molecule has 0 spiro atoms. The zero-order valence-corrected chi connectivity index (χ0v) is 11.9. The van der Waals surface area contributed by atoms with Crippen LogP contribution < -0.4 is 11.1 Å². The number of benzene rings is 1. The van der Waals surface area contributed by atoms with Gasteiger partial charge in [0.25, 0.3) is 0 Å². The molecule has 0 atom stereocenters. The summed E-state index contributed by atoms with van der Waals surface area (Å²) in [4.78, 5) is 0.461. The fourth-order valence-corrected chi connectivity index (χ4v) is 2.96. The monoisotopic (exact) mass is 262 g/mol. The highest BCUT2D eigenvalue weighted by molar-refractivity contribution is 7.80. The first-order valence-corrected chi connectivity index (χ1v) is 7.20. The first-order chi connectivity index (χ1) is 8.65. The SMILES string of the molecule is CCC1(CNc2ccc(C(N)=S)cc2)CCCC1. The van der Waals surface area contributed by atoms with Crippen molar-refractivity contribution in [2.45, 2.75) is 39.0 Å². The fraction of sp³-hybridized carbons (Fsp3) is 0.533. The van der Waals surface area contributed by atoms with E-state index in [0.29, 0.717) is 10.4 Å². The molecule has 1 aromatic rings. The lowest BCUT2D eigenvalue weighted by Crippen LogP contribution is -2.25. The molecule has 0 unspecified atom stereocenters. The third kappa shape index (κ3) is 3.02. The smallest absolute Gasteiger partial charge is 0.103 e. The molecule has 2 nitrogen and oxygen atoms in total. The van der Waals surface area contributed by atoms with Gasteiger partial charge in [-0.15, -0.1) is 0 Å². The van der Waals surface area contributed by atoms with Crippen molar-refractivity contribution >= 4 is 22.9 Å². The second-order valence-corrected chi connectivity index (χ2v) is 5.80. The molecule has 0 saturated heterocycles.